The van der Waals surface area contributed by atoms with Gasteiger partial charge in [0.25, 0.3) is 0 Å². The van der Waals surface area contributed by atoms with E-state index in [1.54, 1.807) is 23.3 Å². The Morgan fingerprint density at radius 1 is 1.32 bits per heavy atom. The predicted molar refractivity (Wildman–Crippen MR) is 101 cm³/mol. The van der Waals surface area contributed by atoms with E-state index in [4.69, 9.17) is 5.73 Å². The predicted octanol–water partition coefficient (Wildman–Crippen LogP) is 2.69. The minimum atomic E-state index is -0.456. The minimum absolute atomic E-state index is 0.0109. The fraction of sp³-hybridized carbons (Fsp3) is 0.526. The molecule has 2 N–H and O–H groups in total. The molecular formula is C19H25N3O2S. The van der Waals surface area contributed by atoms with Crippen molar-refractivity contribution in [2.24, 2.45) is 11.1 Å². The molecule has 0 saturated heterocycles. The third kappa shape index (κ3) is 3.75. The molecule has 1 heterocycles. The third-order valence-corrected chi connectivity index (χ3v) is 6.12. The topological polar surface area (TPSA) is 76.3 Å². The Balaban J connectivity index is 1.63. The van der Waals surface area contributed by atoms with E-state index in [1.165, 1.54) is 5.56 Å². The van der Waals surface area contributed by atoms with E-state index in [-0.39, 0.29) is 24.7 Å². The molecule has 0 aliphatic heterocycles. The van der Waals surface area contributed by atoms with Gasteiger partial charge in [0.15, 0.2) is 5.78 Å². The highest BCUT2D eigenvalue weighted by atomic mass is 32.1. The van der Waals surface area contributed by atoms with Crippen molar-refractivity contribution in [3.63, 3.8) is 0 Å². The van der Waals surface area contributed by atoms with Crippen LogP contribution in [0.15, 0.2) is 18.2 Å². The monoisotopic (exact) mass is 359 g/mol. The number of thiazole rings is 1. The highest BCUT2D eigenvalue weighted by molar-refractivity contribution is 7.18. The van der Waals surface area contributed by atoms with Gasteiger partial charge in [0, 0.05) is 13.6 Å². The fourth-order valence-corrected chi connectivity index (χ4v) is 4.77. The Labute approximate surface area is 152 Å². The molecule has 1 aliphatic carbocycles. The van der Waals surface area contributed by atoms with Crippen molar-refractivity contribution >= 4 is 33.2 Å². The Hall–Kier alpha value is -1.79. The molecule has 1 saturated carbocycles. The summed E-state index contributed by atoms with van der Waals surface area (Å²) in [5.41, 5.74) is 7.53. The van der Waals surface area contributed by atoms with Gasteiger partial charge in [-0.1, -0.05) is 18.9 Å². The number of nitrogens with zero attached hydrogens (tertiary/aromatic N) is 2. The third-order valence-electron chi connectivity index (χ3n) is 5.10. The number of hydrogen-bond donors (Lipinski definition) is 1. The first-order valence-electron chi connectivity index (χ1n) is 8.77. The lowest BCUT2D eigenvalue weighted by Crippen LogP contribution is -2.46. The summed E-state index contributed by atoms with van der Waals surface area (Å²) in [5, 5.41) is 0.806. The second kappa shape index (κ2) is 7.22. The molecule has 0 unspecified atom stereocenters. The number of rotatable bonds is 6. The number of carbonyl (C=O) groups is 2. The number of likely N-dealkylation sites (N-methyl/N-ethyl adjacent to an activating group) is 1. The van der Waals surface area contributed by atoms with Crippen LogP contribution in [0.4, 0.5) is 0 Å². The average Bonchev–Trinajstić information content (AvgIpc) is 3.20. The van der Waals surface area contributed by atoms with E-state index in [0.29, 0.717) is 6.54 Å². The van der Waals surface area contributed by atoms with Crippen LogP contribution in [0.1, 0.15) is 36.3 Å². The molecule has 1 fully saturated rings. The molecule has 1 aromatic heterocycles. The molecule has 5 nitrogen and oxygen atoms in total. The summed E-state index contributed by atoms with van der Waals surface area (Å²) in [6.07, 6.45) is 4.01. The van der Waals surface area contributed by atoms with Gasteiger partial charge in [0.1, 0.15) is 5.01 Å². The van der Waals surface area contributed by atoms with Crippen LogP contribution in [-0.4, -0.2) is 41.7 Å². The number of aromatic nitrogens is 1. The van der Waals surface area contributed by atoms with Gasteiger partial charge in [0.05, 0.1) is 28.6 Å². The van der Waals surface area contributed by atoms with E-state index in [1.807, 2.05) is 19.1 Å². The lowest BCUT2D eigenvalue weighted by atomic mass is 9.84. The van der Waals surface area contributed by atoms with Crippen LogP contribution in [0, 0.1) is 12.3 Å². The van der Waals surface area contributed by atoms with Crippen LogP contribution in [0.25, 0.3) is 10.2 Å². The van der Waals surface area contributed by atoms with Crippen LogP contribution < -0.4 is 5.73 Å². The Morgan fingerprint density at radius 2 is 2.04 bits per heavy atom. The summed E-state index contributed by atoms with van der Waals surface area (Å²) in [4.78, 5) is 31.2. The number of aryl methyl sites for hydroxylation is 1. The number of nitrogens with two attached hydrogens (primary N) is 1. The van der Waals surface area contributed by atoms with Gasteiger partial charge < -0.3 is 10.6 Å². The van der Waals surface area contributed by atoms with Crippen LogP contribution in [0.3, 0.4) is 0 Å². The molecule has 1 aromatic carbocycles. The summed E-state index contributed by atoms with van der Waals surface area (Å²) in [6, 6.07) is 6.09. The van der Waals surface area contributed by atoms with E-state index < -0.39 is 5.41 Å². The van der Waals surface area contributed by atoms with Crippen molar-refractivity contribution in [2.45, 2.75) is 39.0 Å². The van der Waals surface area contributed by atoms with E-state index in [9.17, 15) is 9.59 Å². The van der Waals surface area contributed by atoms with Gasteiger partial charge in [-0.25, -0.2) is 4.98 Å². The lowest BCUT2D eigenvalue weighted by Gasteiger charge is -2.30. The number of fused-ring (bicyclic) bond motifs is 1. The first kappa shape index (κ1) is 18.0. The maximum Gasteiger partial charge on any atom is 0.230 e. The molecule has 2 aromatic rings. The largest absolute Gasteiger partial charge is 0.338 e. The minimum Gasteiger partial charge on any atom is -0.338 e. The maximum absolute atomic E-state index is 12.7. The van der Waals surface area contributed by atoms with Crippen molar-refractivity contribution in [3.8, 4) is 0 Å². The number of hydrogen-bond acceptors (Lipinski definition) is 5. The number of amides is 1. The van der Waals surface area contributed by atoms with Crippen molar-refractivity contribution < 1.29 is 9.59 Å². The zero-order valence-electron chi connectivity index (χ0n) is 14.9. The van der Waals surface area contributed by atoms with Crippen LogP contribution in [0.2, 0.25) is 0 Å². The normalized spacial score (nSPS) is 16.3. The van der Waals surface area contributed by atoms with Gasteiger partial charge in [-0.2, -0.15) is 0 Å². The first-order chi connectivity index (χ1) is 11.9. The van der Waals surface area contributed by atoms with E-state index >= 15 is 0 Å². The second-order valence-electron chi connectivity index (χ2n) is 7.15. The number of Topliss-reactive ketones (excluding diaryl/α,β-unsaturated/α-hetero) is 1. The van der Waals surface area contributed by atoms with Gasteiger partial charge in [-0.3, -0.25) is 9.59 Å². The molecule has 1 amide bonds. The molecule has 0 radical (unpaired) electrons. The van der Waals surface area contributed by atoms with Crippen molar-refractivity contribution in [1.82, 2.24) is 9.88 Å². The van der Waals surface area contributed by atoms with Gasteiger partial charge >= 0.3 is 0 Å². The van der Waals surface area contributed by atoms with Crippen LogP contribution >= 0.6 is 11.3 Å². The van der Waals surface area contributed by atoms with Gasteiger partial charge in [-0.15, -0.1) is 11.3 Å². The SMILES string of the molecule is Cc1ccc2nc(CC(=O)CN(C)C(=O)C3(CN)CCCC3)sc2c1. The quantitative estimate of drug-likeness (QED) is 0.860. The Kier molecular flexibility index (Phi) is 5.20. The van der Waals surface area contributed by atoms with Crippen molar-refractivity contribution in [1.29, 1.82) is 0 Å². The summed E-state index contributed by atoms with van der Waals surface area (Å²) < 4.78 is 1.10. The molecule has 0 atom stereocenters. The summed E-state index contributed by atoms with van der Waals surface area (Å²) in [6.45, 7) is 2.53. The number of carbonyl (C=O) groups excluding carboxylic acids is 2. The molecule has 0 spiro atoms. The fourth-order valence-electron chi connectivity index (χ4n) is 3.68. The molecular weight excluding hydrogens is 334 g/mol. The van der Waals surface area contributed by atoms with E-state index in [0.717, 1.165) is 40.9 Å². The van der Waals surface area contributed by atoms with Gasteiger partial charge in [0.2, 0.25) is 5.91 Å². The highest BCUT2D eigenvalue weighted by Crippen LogP contribution is 2.38. The summed E-state index contributed by atoms with van der Waals surface area (Å²) in [7, 11) is 1.71. The summed E-state index contributed by atoms with van der Waals surface area (Å²) in [5.74, 6) is 0.0255. The molecule has 3 rings (SSSR count). The first-order valence-corrected chi connectivity index (χ1v) is 9.58. The number of ketones is 1. The number of benzene rings is 1. The highest BCUT2D eigenvalue weighted by Gasteiger charge is 2.41. The van der Waals surface area contributed by atoms with E-state index in [2.05, 4.69) is 11.1 Å². The summed E-state index contributed by atoms with van der Waals surface area (Å²) >= 11 is 1.55. The molecule has 1 aliphatic rings. The molecule has 6 heteroatoms. The lowest BCUT2D eigenvalue weighted by molar-refractivity contribution is -0.142. The smallest absolute Gasteiger partial charge is 0.230 e. The van der Waals surface area contributed by atoms with Crippen LogP contribution in [-0.2, 0) is 16.0 Å². The van der Waals surface area contributed by atoms with Gasteiger partial charge in [-0.05, 0) is 37.5 Å². The van der Waals surface area contributed by atoms with Crippen molar-refractivity contribution in [2.75, 3.05) is 20.1 Å². The zero-order valence-corrected chi connectivity index (χ0v) is 15.7. The zero-order chi connectivity index (χ0) is 18.0. The maximum atomic E-state index is 12.7. The Morgan fingerprint density at radius 3 is 2.72 bits per heavy atom. The Bertz CT molecular complexity index is 793. The standard InChI is InChI=1S/C19H25N3O2S/c1-13-5-6-15-16(9-13)25-17(21-15)10-14(23)11-22(2)18(24)19(12-20)7-3-4-8-19/h5-6,9H,3-4,7-8,10-12,20H2,1-2H3. The van der Waals surface area contributed by atoms with Crippen LogP contribution in [0.5, 0.6) is 0 Å². The second-order valence-corrected chi connectivity index (χ2v) is 8.26. The molecule has 25 heavy (non-hydrogen) atoms. The van der Waals surface area contributed by atoms with Crippen molar-refractivity contribution in [3.05, 3.63) is 28.8 Å². The molecule has 134 valence electrons. The average molecular weight is 359 g/mol. The molecule has 0 bridgehead atoms.